The number of aromatic amines is 1. The van der Waals surface area contributed by atoms with Crippen molar-refractivity contribution in [3.05, 3.63) is 115 Å². The van der Waals surface area contributed by atoms with Crippen LogP contribution in [0.4, 0.5) is 16.2 Å². The second kappa shape index (κ2) is 11.0. The van der Waals surface area contributed by atoms with E-state index in [4.69, 9.17) is 0 Å². The van der Waals surface area contributed by atoms with E-state index in [0.29, 0.717) is 23.5 Å². The zero-order valence-corrected chi connectivity index (χ0v) is 24.1. The Morgan fingerprint density at radius 1 is 0.860 bits per heavy atom. The largest absolute Gasteiger partial charge is 0.494 e. The van der Waals surface area contributed by atoms with Gasteiger partial charge in [-0.2, -0.15) is 0 Å². The number of carbonyl (C=O) groups excluding carboxylic acids is 1. The molecule has 2 amide bonds. The second-order valence-electron chi connectivity index (χ2n) is 11.4. The predicted octanol–water partition coefficient (Wildman–Crippen LogP) is 7.36. The number of urea groups is 1. The normalized spacial score (nSPS) is 11.5. The highest BCUT2D eigenvalue weighted by molar-refractivity contribution is 6.10. The van der Waals surface area contributed by atoms with Crippen LogP contribution in [0.1, 0.15) is 37.9 Å². The number of nitrogens with one attached hydrogen (secondary N) is 3. The number of aromatic nitrogens is 4. The van der Waals surface area contributed by atoms with Gasteiger partial charge in [0.2, 0.25) is 0 Å². The monoisotopic (exact) mass is 572 g/mol. The molecular formula is C34H32N6O3. The van der Waals surface area contributed by atoms with Crippen molar-refractivity contribution in [2.24, 2.45) is 0 Å². The van der Waals surface area contributed by atoms with Crippen molar-refractivity contribution < 1.29 is 15.0 Å². The fraction of sp³-hybridized carbons (Fsp3) is 0.147. The van der Waals surface area contributed by atoms with E-state index in [2.05, 4.69) is 46.4 Å². The standard InChI is InChI=1S/C34H32N6O3/c1-34(2,3)22-9-13-29(40-31(41)14-15-32(40)42)28(18-22)39-33(43)38-27-12-11-24(25-6-4-5-7-26(25)27)21-8-10-23(37-20-21)19-30-35-16-17-36-30/h4-18,20,41-42H,19H2,1-3H3,(H,35,36)(H2,38,39,43). The fourth-order valence-electron chi connectivity index (χ4n) is 5.15. The van der Waals surface area contributed by atoms with Crippen LogP contribution in [-0.2, 0) is 11.8 Å². The van der Waals surface area contributed by atoms with Crippen molar-refractivity contribution in [3.8, 4) is 28.6 Å². The van der Waals surface area contributed by atoms with Crippen LogP contribution in [0, 0.1) is 0 Å². The molecule has 0 fully saturated rings. The zero-order chi connectivity index (χ0) is 30.1. The van der Waals surface area contributed by atoms with Crippen molar-refractivity contribution in [2.45, 2.75) is 32.6 Å². The molecule has 9 nitrogen and oxygen atoms in total. The highest BCUT2D eigenvalue weighted by atomic mass is 16.3. The molecule has 216 valence electrons. The molecule has 3 aromatic heterocycles. The third kappa shape index (κ3) is 5.65. The van der Waals surface area contributed by atoms with Crippen LogP contribution in [0.2, 0.25) is 0 Å². The SMILES string of the molecule is CC(C)(C)c1ccc(-n2c(O)ccc2O)c(NC(=O)Nc2ccc(-c3ccc(Cc4ncc[nH]4)nc3)c3ccccc23)c1. The molecule has 0 spiro atoms. The van der Waals surface area contributed by atoms with E-state index in [9.17, 15) is 15.0 Å². The number of fused-ring (bicyclic) bond motifs is 1. The van der Waals surface area contributed by atoms with Gasteiger partial charge in [-0.3, -0.25) is 4.98 Å². The summed E-state index contributed by atoms with van der Waals surface area (Å²) in [5.74, 6) is 0.572. The molecule has 0 atom stereocenters. The summed E-state index contributed by atoms with van der Waals surface area (Å²) in [6.07, 6.45) is 6.00. The topological polar surface area (TPSA) is 128 Å². The average molecular weight is 573 g/mol. The number of benzene rings is 3. The smallest absolute Gasteiger partial charge is 0.323 e. The van der Waals surface area contributed by atoms with E-state index in [1.807, 2.05) is 66.9 Å². The quantitative estimate of drug-likeness (QED) is 0.142. The van der Waals surface area contributed by atoms with E-state index in [0.717, 1.165) is 39.0 Å². The number of hydrogen-bond acceptors (Lipinski definition) is 5. The van der Waals surface area contributed by atoms with Crippen molar-refractivity contribution in [1.82, 2.24) is 19.5 Å². The minimum atomic E-state index is -0.458. The van der Waals surface area contributed by atoms with E-state index in [-0.39, 0.29) is 17.2 Å². The summed E-state index contributed by atoms with van der Waals surface area (Å²) in [5, 5.41) is 28.5. The number of amides is 2. The van der Waals surface area contributed by atoms with Crippen molar-refractivity contribution in [1.29, 1.82) is 0 Å². The van der Waals surface area contributed by atoms with Crippen LogP contribution in [0.3, 0.4) is 0 Å². The van der Waals surface area contributed by atoms with Gasteiger partial charge in [-0.05, 0) is 46.2 Å². The summed E-state index contributed by atoms with van der Waals surface area (Å²) in [5.41, 5.74) is 5.18. The Kier molecular flexibility index (Phi) is 7.07. The first-order valence-electron chi connectivity index (χ1n) is 14.0. The van der Waals surface area contributed by atoms with Crippen LogP contribution in [0.25, 0.3) is 27.6 Å². The Morgan fingerprint density at radius 2 is 1.60 bits per heavy atom. The summed E-state index contributed by atoms with van der Waals surface area (Å²) in [7, 11) is 0. The van der Waals surface area contributed by atoms with Crippen LogP contribution < -0.4 is 10.6 Å². The molecule has 3 heterocycles. The molecule has 0 saturated carbocycles. The summed E-state index contributed by atoms with van der Waals surface area (Å²) < 4.78 is 1.28. The molecule has 0 aliphatic heterocycles. The number of imidazole rings is 1. The molecule has 0 aliphatic rings. The molecule has 0 aliphatic carbocycles. The lowest BCUT2D eigenvalue weighted by Gasteiger charge is -2.22. The van der Waals surface area contributed by atoms with Crippen LogP contribution in [0.15, 0.2) is 97.5 Å². The Morgan fingerprint density at radius 3 is 2.28 bits per heavy atom. The molecule has 43 heavy (non-hydrogen) atoms. The Balaban J connectivity index is 1.29. The Bertz CT molecular complexity index is 1900. The number of anilines is 2. The maximum atomic E-state index is 13.4. The second-order valence-corrected chi connectivity index (χ2v) is 11.4. The minimum Gasteiger partial charge on any atom is -0.494 e. The third-order valence-corrected chi connectivity index (χ3v) is 7.40. The summed E-state index contributed by atoms with van der Waals surface area (Å²) in [6, 6.07) is 23.7. The number of nitrogens with zero attached hydrogens (tertiary/aromatic N) is 3. The van der Waals surface area contributed by atoms with Crippen molar-refractivity contribution >= 4 is 28.2 Å². The first-order chi connectivity index (χ1) is 20.7. The van der Waals surface area contributed by atoms with Gasteiger partial charge in [0.05, 0.1) is 17.1 Å². The highest BCUT2D eigenvalue weighted by Gasteiger charge is 2.20. The number of pyridine rings is 1. The lowest BCUT2D eigenvalue weighted by atomic mass is 9.86. The van der Waals surface area contributed by atoms with Gasteiger partial charge in [0.15, 0.2) is 11.8 Å². The molecule has 5 N–H and O–H groups in total. The van der Waals surface area contributed by atoms with Gasteiger partial charge >= 0.3 is 6.03 Å². The summed E-state index contributed by atoms with van der Waals surface area (Å²) in [4.78, 5) is 25.4. The Hall–Kier alpha value is -5.57. The fourth-order valence-corrected chi connectivity index (χ4v) is 5.15. The summed E-state index contributed by atoms with van der Waals surface area (Å²) >= 11 is 0. The molecule has 9 heteroatoms. The van der Waals surface area contributed by atoms with Gasteiger partial charge in [0.25, 0.3) is 0 Å². The average Bonchev–Trinajstić information content (AvgIpc) is 3.62. The van der Waals surface area contributed by atoms with Crippen LogP contribution in [-0.4, -0.2) is 35.8 Å². The molecule has 0 unspecified atom stereocenters. The predicted molar refractivity (Wildman–Crippen MR) is 169 cm³/mol. The highest BCUT2D eigenvalue weighted by Crippen LogP contribution is 2.36. The van der Waals surface area contributed by atoms with Gasteiger partial charge in [0, 0.05) is 53.8 Å². The lowest BCUT2D eigenvalue weighted by Crippen LogP contribution is -2.21. The molecule has 0 saturated heterocycles. The number of H-pyrrole nitrogens is 1. The van der Waals surface area contributed by atoms with E-state index in [1.54, 1.807) is 18.5 Å². The number of aromatic hydroxyl groups is 2. The van der Waals surface area contributed by atoms with Gasteiger partial charge in [0.1, 0.15) is 5.82 Å². The number of hydrogen-bond donors (Lipinski definition) is 5. The van der Waals surface area contributed by atoms with Gasteiger partial charge in [-0.15, -0.1) is 0 Å². The van der Waals surface area contributed by atoms with Crippen molar-refractivity contribution in [2.75, 3.05) is 10.6 Å². The maximum Gasteiger partial charge on any atom is 0.323 e. The van der Waals surface area contributed by atoms with Crippen LogP contribution in [0.5, 0.6) is 11.8 Å². The minimum absolute atomic E-state index is 0.144. The number of carbonyl (C=O) groups is 1. The molecule has 3 aromatic carbocycles. The van der Waals surface area contributed by atoms with Crippen molar-refractivity contribution in [3.63, 3.8) is 0 Å². The maximum absolute atomic E-state index is 13.4. The molecule has 0 radical (unpaired) electrons. The molecule has 6 rings (SSSR count). The van der Waals surface area contributed by atoms with E-state index in [1.165, 1.54) is 16.7 Å². The zero-order valence-electron chi connectivity index (χ0n) is 24.1. The van der Waals surface area contributed by atoms with Gasteiger partial charge in [-0.1, -0.05) is 63.2 Å². The first kappa shape index (κ1) is 27.6. The molecular weight excluding hydrogens is 540 g/mol. The first-order valence-corrected chi connectivity index (χ1v) is 14.0. The Labute approximate surface area is 248 Å². The number of rotatable bonds is 6. The molecule has 0 bridgehead atoms. The lowest BCUT2D eigenvalue weighted by molar-refractivity contribution is 0.262. The molecule has 6 aromatic rings. The third-order valence-electron chi connectivity index (χ3n) is 7.40. The summed E-state index contributed by atoms with van der Waals surface area (Å²) in [6.45, 7) is 6.23. The van der Waals surface area contributed by atoms with Gasteiger partial charge in [-0.25, -0.2) is 14.3 Å². The van der Waals surface area contributed by atoms with Crippen LogP contribution >= 0.6 is 0 Å². The van der Waals surface area contributed by atoms with E-state index < -0.39 is 6.03 Å². The van der Waals surface area contributed by atoms with Gasteiger partial charge < -0.3 is 25.8 Å². The van der Waals surface area contributed by atoms with E-state index >= 15 is 0 Å².